The smallest absolute Gasteiger partial charge is 0.327 e. The molecule has 2 saturated carbocycles. The number of aliphatic carboxylic acids is 1. The molecule has 8 atom stereocenters. The highest BCUT2D eigenvalue weighted by atomic mass is 32.2. The number of carboxylic acids is 1. The maximum absolute atomic E-state index is 13.5. The number of nitrogens with one attached hydrogen (secondary N) is 1. The normalized spacial score (nSPS) is 35.8. The SMILES string of the molecule is CC(C)[C@H](C(=O)O)N1C(=O)[C@@H]2[C@@H]3C[C@H]([C@H]4Sc5[nH]c(=O)sc5[C@@H](c5cccs5)[C@H]34)[C@@H]2C1=O. The van der Waals surface area contributed by atoms with Crippen LogP contribution in [0.3, 0.4) is 0 Å². The van der Waals surface area contributed by atoms with E-state index in [9.17, 15) is 24.3 Å². The van der Waals surface area contributed by atoms with Crippen LogP contribution in [0.1, 0.15) is 35.9 Å². The van der Waals surface area contributed by atoms with E-state index in [4.69, 9.17) is 0 Å². The number of carbonyl (C=O) groups is 3. The number of carboxylic acid groups (broad SMARTS) is 1. The Morgan fingerprint density at radius 2 is 1.91 bits per heavy atom. The first-order chi connectivity index (χ1) is 15.3. The monoisotopic (exact) mass is 490 g/mol. The standard InChI is InChI=1S/C22H22N2O5S3/c1-7(2)15(21(27)28)24-19(25)12-8-6-9(13(12)20(24)26)16-11(8)14(10-4-3-5-30-10)17-18(31-16)23-22(29)32-17/h3-5,7-9,11-16H,6H2,1-2H3,(H,23,29)(H,27,28)/t8-,9+,11+,12-,13+,14+,15-,16-/m1/s1. The van der Waals surface area contributed by atoms with E-state index in [1.54, 1.807) is 36.9 Å². The van der Waals surface area contributed by atoms with Gasteiger partial charge in [-0.2, -0.15) is 0 Å². The number of aromatic amines is 1. The first-order valence-corrected chi connectivity index (χ1v) is 13.4. The van der Waals surface area contributed by atoms with Crippen LogP contribution in [0.2, 0.25) is 0 Å². The van der Waals surface area contributed by atoms with Crippen molar-refractivity contribution in [1.29, 1.82) is 0 Å². The average Bonchev–Trinajstić information content (AvgIpc) is 3.51. The summed E-state index contributed by atoms with van der Waals surface area (Å²) in [7, 11) is 0. The van der Waals surface area contributed by atoms with Crippen molar-refractivity contribution in [2.24, 2.45) is 35.5 Å². The molecule has 1 saturated heterocycles. The summed E-state index contributed by atoms with van der Waals surface area (Å²) >= 11 is 4.56. The maximum atomic E-state index is 13.5. The minimum Gasteiger partial charge on any atom is -0.480 e. The summed E-state index contributed by atoms with van der Waals surface area (Å²) in [6.45, 7) is 3.47. The van der Waals surface area contributed by atoms with Gasteiger partial charge in [0.2, 0.25) is 11.8 Å². The minimum absolute atomic E-state index is 0.0158. The zero-order chi connectivity index (χ0) is 22.5. The van der Waals surface area contributed by atoms with Gasteiger partial charge in [0.1, 0.15) is 6.04 Å². The maximum Gasteiger partial charge on any atom is 0.327 e. The Kier molecular flexibility index (Phi) is 4.55. The van der Waals surface area contributed by atoms with Crippen molar-refractivity contribution in [2.45, 2.75) is 42.5 Å². The lowest BCUT2D eigenvalue weighted by atomic mass is 9.69. The quantitative estimate of drug-likeness (QED) is 0.638. The fourth-order valence-corrected chi connectivity index (χ4v) is 10.6. The highest BCUT2D eigenvalue weighted by Gasteiger charge is 2.70. The Bertz CT molecular complexity index is 1180. The topological polar surface area (TPSA) is 108 Å². The van der Waals surface area contributed by atoms with Crippen molar-refractivity contribution in [2.75, 3.05) is 0 Å². The second kappa shape index (κ2) is 7.04. The summed E-state index contributed by atoms with van der Waals surface area (Å²) in [6.07, 6.45) is 0.809. The number of imide groups is 1. The van der Waals surface area contributed by atoms with E-state index >= 15 is 0 Å². The molecule has 6 rings (SSSR count). The van der Waals surface area contributed by atoms with Crippen molar-refractivity contribution in [3.63, 3.8) is 0 Å². The van der Waals surface area contributed by atoms with E-state index in [0.29, 0.717) is 0 Å². The molecule has 2 aromatic rings. The Labute approximate surface area is 196 Å². The third-order valence-electron chi connectivity index (χ3n) is 7.77. The Hall–Kier alpha value is -1.91. The Balaban J connectivity index is 1.43. The molecule has 0 spiro atoms. The number of carbonyl (C=O) groups excluding carboxylic acids is 2. The summed E-state index contributed by atoms with van der Waals surface area (Å²) in [5.41, 5.74) is 0. The molecule has 2 aliphatic carbocycles. The summed E-state index contributed by atoms with van der Waals surface area (Å²) < 4.78 is 0. The third-order valence-corrected chi connectivity index (χ3v) is 11.3. The van der Waals surface area contributed by atoms with Gasteiger partial charge < -0.3 is 10.1 Å². The number of likely N-dealkylation sites (tertiary alicyclic amines) is 1. The molecular weight excluding hydrogens is 468 g/mol. The zero-order valence-corrected chi connectivity index (χ0v) is 19.8. The number of hydrogen-bond donors (Lipinski definition) is 2. The second-order valence-electron chi connectivity index (χ2n) is 9.55. The van der Waals surface area contributed by atoms with Gasteiger partial charge in [0, 0.05) is 20.9 Å². The second-order valence-corrected chi connectivity index (χ2v) is 12.7. The van der Waals surface area contributed by atoms with Crippen molar-refractivity contribution < 1.29 is 19.5 Å². The summed E-state index contributed by atoms with van der Waals surface area (Å²) in [5, 5.41) is 12.8. The fourth-order valence-electron chi connectivity index (χ4n) is 6.79. The van der Waals surface area contributed by atoms with E-state index < -0.39 is 23.8 Å². The molecule has 0 radical (unpaired) electrons. The van der Waals surface area contributed by atoms with Crippen LogP contribution in [0.5, 0.6) is 0 Å². The van der Waals surface area contributed by atoms with Crippen LogP contribution in [0.4, 0.5) is 0 Å². The number of aromatic nitrogens is 1. The highest BCUT2D eigenvalue weighted by Crippen LogP contribution is 2.68. The highest BCUT2D eigenvalue weighted by molar-refractivity contribution is 8.00. The Morgan fingerprint density at radius 3 is 2.53 bits per heavy atom. The third kappa shape index (κ3) is 2.60. The number of thiophene rings is 1. The van der Waals surface area contributed by atoms with E-state index in [1.165, 1.54) is 16.2 Å². The van der Waals surface area contributed by atoms with Gasteiger partial charge in [-0.3, -0.25) is 19.3 Å². The van der Waals surface area contributed by atoms with E-state index in [2.05, 4.69) is 11.1 Å². The number of fused-ring (bicyclic) bond motifs is 9. The van der Waals surface area contributed by atoms with Crippen molar-refractivity contribution in [3.8, 4) is 0 Å². The fraction of sp³-hybridized carbons (Fsp3) is 0.545. The predicted molar refractivity (Wildman–Crippen MR) is 121 cm³/mol. The number of thioether (sulfide) groups is 1. The van der Waals surface area contributed by atoms with Crippen LogP contribution in [-0.4, -0.2) is 44.1 Å². The number of thiazole rings is 1. The molecule has 7 nitrogen and oxygen atoms in total. The minimum atomic E-state index is -1.13. The number of H-pyrrole nitrogens is 1. The summed E-state index contributed by atoms with van der Waals surface area (Å²) in [6, 6.07) is 2.97. The molecule has 0 unspecified atom stereocenters. The molecule has 2 bridgehead atoms. The molecule has 0 aromatic carbocycles. The van der Waals surface area contributed by atoms with Crippen LogP contribution in [0.25, 0.3) is 0 Å². The summed E-state index contributed by atoms with van der Waals surface area (Å²) in [5.74, 6) is -2.78. The van der Waals surface area contributed by atoms with Crippen LogP contribution >= 0.6 is 34.4 Å². The molecule has 4 aliphatic rings. The first-order valence-electron chi connectivity index (χ1n) is 10.8. The first kappa shape index (κ1) is 20.7. The molecule has 168 valence electrons. The van der Waals surface area contributed by atoms with Gasteiger partial charge in [-0.05, 0) is 41.5 Å². The lowest BCUT2D eigenvalue weighted by molar-refractivity contribution is -0.157. The molecule has 2 aromatic heterocycles. The molecular formula is C22H22N2O5S3. The number of nitrogens with zero attached hydrogens (tertiary/aromatic N) is 1. The average molecular weight is 491 g/mol. The van der Waals surface area contributed by atoms with Crippen LogP contribution in [0, 0.1) is 35.5 Å². The molecule has 2 aliphatic heterocycles. The van der Waals surface area contributed by atoms with Gasteiger partial charge in [-0.15, -0.1) is 23.1 Å². The van der Waals surface area contributed by atoms with Crippen LogP contribution in [-0.2, 0) is 14.4 Å². The summed E-state index contributed by atoms with van der Waals surface area (Å²) in [4.78, 5) is 57.3. The van der Waals surface area contributed by atoms with Gasteiger partial charge in [0.25, 0.3) is 0 Å². The molecule has 3 fully saturated rings. The van der Waals surface area contributed by atoms with Crippen LogP contribution in [0.15, 0.2) is 27.3 Å². The van der Waals surface area contributed by atoms with Gasteiger partial charge >= 0.3 is 10.8 Å². The molecule has 32 heavy (non-hydrogen) atoms. The molecule has 4 heterocycles. The Morgan fingerprint density at radius 1 is 1.19 bits per heavy atom. The number of hydrogen-bond acceptors (Lipinski definition) is 7. The van der Waals surface area contributed by atoms with Crippen molar-refractivity contribution in [1.82, 2.24) is 9.88 Å². The zero-order valence-electron chi connectivity index (χ0n) is 17.4. The lowest BCUT2D eigenvalue weighted by Crippen LogP contribution is -2.49. The van der Waals surface area contributed by atoms with Gasteiger partial charge in [-0.1, -0.05) is 31.3 Å². The largest absolute Gasteiger partial charge is 0.480 e. The lowest BCUT2D eigenvalue weighted by Gasteiger charge is -2.42. The molecule has 10 heteroatoms. The van der Waals surface area contributed by atoms with E-state index in [-0.39, 0.29) is 51.5 Å². The molecule has 2 amide bonds. The van der Waals surface area contributed by atoms with Crippen molar-refractivity contribution >= 4 is 52.2 Å². The van der Waals surface area contributed by atoms with Gasteiger partial charge in [-0.25, -0.2) is 4.79 Å². The van der Waals surface area contributed by atoms with Gasteiger partial charge in [0.05, 0.1) is 16.9 Å². The van der Waals surface area contributed by atoms with Gasteiger partial charge in [0.15, 0.2) is 0 Å². The van der Waals surface area contributed by atoms with Crippen LogP contribution < -0.4 is 4.87 Å². The molecule has 2 N–H and O–H groups in total. The van der Waals surface area contributed by atoms with E-state index in [1.807, 2.05) is 11.4 Å². The van der Waals surface area contributed by atoms with E-state index in [0.717, 1.165) is 21.2 Å². The van der Waals surface area contributed by atoms with Crippen molar-refractivity contribution in [3.05, 3.63) is 36.9 Å². The number of rotatable bonds is 4. The number of amides is 2. The predicted octanol–water partition coefficient (Wildman–Crippen LogP) is 3.08.